The number of hydrogen-bond donors (Lipinski definition) is 1. The lowest BCUT2D eigenvalue weighted by atomic mass is 9.87. The topological polar surface area (TPSA) is 42.1 Å². The third kappa shape index (κ3) is 2.90. The number of piperidine rings is 1. The van der Waals surface area contributed by atoms with E-state index < -0.39 is 0 Å². The molecule has 100 valence electrons. The van der Waals surface area contributed by atoms with E-state index >= 15 is 0 Å². The zero-order chi connectivity index (χ0) is 13.1. The fourth-order valence-corrected chi connectivity index (χ4v) is 2.75. The number of nitrogens with zero attached hydrogens (tertiary/aromatic N) is 2. The first-order chi connectivity index (χ1) is 8.61. The summed E-state index contributed by atoms with van der Waals surface area (Å²) in [7, 11) is 0. The third-order valence-electron chi connectivity index (χ3n) is 4.35. The second-order valence-corrected chi connectivity index (χ2v) is 5.72. The van der Waals surface area contributed by atoms with Crippen LogP contribution in [0.3, 0.4) is 0 Å². The molecule has 0 saturated carbocycles. The van der Waals surface area contributed by atoms with Gasteiger partial charge < -0.3 is 5.73 Å². The van der Waals surface area contributed by atoms with E-state index in [2.05, 4.69) is 35.9 Å². The first kappa shape index (κ1) is 13.5. The van der Waals surface area contributed by atoms with Crippen molar-refractivity contribution in [2.75, 3.05) is 19.6 Å². The maximum absolute atomic E-state index is 5.98. The molecule has 0 aliphatic carbocycles. The summed E-state index contributed by atoms with van der Waals surface area (Å²) >= 11 is 0. The van der Waals surface area contributed by atoms with Gasteiger partial charge >= 0.3 is 0 Å². The number of rotatable bonds is 3. The molecule has 0 spiro atoms. The summed E-state index contributed by atoms with van der Waals surface area (Å²) in [4.78, 5) is 6.92. The summed E-state index contributed by atoms with van der Waals surface area (Å²) < 4.78 is 0. The highest BCUT2D eigenvalue weighted by Crippen LogP contribution is 2.29. The summed E-state index contributed by atoms with van der Waals surface area (Å²) in [5.41, 5.74) is 8.30. The molecule has 0 aromatic carbocycles. The average molecular weight is 247 g/mol. The summed E-state index contributed by atoms with van der Waals surface area (Å²) in [5, 5.41) is 0. The average Bonchev–Trinajstić information content (AvgIpc) is 2.37. The lowest BCUT2D eigenvalue weighted by Crippen LogP contribution is -2.43. The van der Waals surface area contributed by atoms with Gasteiger partial charge in [-0.05, 0) is 43.4 Å². The molecule has 3 atom stereocenters. The Bertz CT molecular complexity index is 374. The van der Waals surface area contributed by atoms with Gasteiger partial charge in [-0.15, -0.1) is 0 Å². The standard InChI is InChI=1S/C15H25N3/c1-11-6-7-18(10-12(11)2)15(8-16)14-5-4-13(3)17-9-14/h4-5,9,11-12,15H,6-8,10,16H2,1-3H3. The molecule has 3 unspecified atom stereocenters. The van der Waals surface area contributed by atoms with Crippen LogP contribution in [0.25, 0.3) is 0 Å². The van der Waals surface area contributed by atoms with Crippen LogP contribution in [0, 0.1) is 18.8 Å². The molecule has 2 rings (SSSR count). The summed E-state index contributed by atoms with van der Waals surface area (Å²) in [5.74, 6) is 1.59. The van der Waals surface area contributed by atoms with Crippen molar-refractivity contribution in [1.82, 2.24) is 9.88 Å². The van der Waals surface area contributed by atoms with Gasteiger partial charge in [0.15, 0.2) is 0 Å². The first-order valence-electron chi connectivity index (χ1n) is 6.98. The minimum atomic E-state index is 0.327. The molecule has 1 aromatic rings. The van der Waals surface area contributed by atoms with Crippen molar-refractivity contribution in [2.45, 2.75) is 33.2 Å². The van der Waals surface area contributed by atoms with Crippen molar-refractivity contribution in [3.8, 4) is 0 Å². The van der Waals surface area contributed by atoms with E-state index in [0.29, 0.717) is 12.6 Å². The van der Waals surface area contributed by atoms with Crippen molar-refractivity contribution in [2.24, 2.45) is 17.6 Å². The van der Waals surface area contributed by atoms with Crippen LogP contribution in [-0.2, 0) is 0 Å². The quantitative estimate of drug-likeness (QED) is 0.891. The molecular weight excluding hydrogens is 222 g/mol. The van der Waals surface area contributed by atoms with Crippen molar-refractivity contribution in [3.63, 3.8) is 0 Å². The zero-order valence-electron chi connectivity index (χ0n) is 11.8. The van der Waals surface area contributed by atoms with E-state index in [4.69, 9.17) is 5.73 Å². The molecule has 2 heterocycles. The maximum atomic E-state index is 5.98. The molecule has 1 saturated heterocycles. The SMILES string of the molecule is Cc1ccc(C(CN)N2CCC(C)C(C)C2)cn1. The number of aromatic nitrogens is 1. The number of hydrogen-bond acceptors (Lipinski definition) is 3. The summed E-state index contributed by atoms with van der Waals surface area (Å²) in [6, 6.07) is 4.57. The molecule has 18 heavy (non-hydrogen) atoms. The van der Waals surface area contributed by atoms with Crippen molar-refractivity contribution in [1.29, 1.82) is 0 Å². The molecule has 0 bridgehead atoms. The Labute approximate surface area is 110 Å². The number of likely N-dealkylation sites (tertiary alicyclic amines) is 1. The normalized spacial score (nSPS) is 27.1. The molecule has 1 fully saturated rings. The minimum Gasteiger partial charge on any atom is -0.329 e. The molecule has 0 radical (unpaired) electrons. The lowest BCUT2D eigenvalue weighted by molar-refractivity contribution is 0.0981. The van der Waals surface area contributed by atoms with Crippen molar-refractivity contribution < 1.29 is 0 Å². The van der Waals surface area contributed by atoms with E-state index in [9.17, 15) is 0 Å². The number of nitrogens with two attached hydrogens (primary N) is 1. The van der Waals surface area contributed by atoms with Gasteiger partial charge in [0.2, 0.25) is 0 Å². The van der Waals surface area contributed by atoms with Crippen LogP contribution in [-0.4, -0.2) is 29.5 Å². The van der Waals surface area contributed by atoms with Gasteiger partial charge in [-0.2, -0.15) is 0 Å². The van der Waals surface area contributed by atoms with E-state index in [0.717, 1.165) is 30.6 Å². The van der Waals surface area contributed by atoms with Crippen molar-refractivity contribution >= 4 is 0 Å². The fraction of sp³-hybridized carbons (Fsp3) is 0.667. The van der Waals surface area contributed by atoms with Crippen LogP contribution in [0.5, 0.6) is 0 Å². The van der Waals surface area contributed by atoms with Gasteiger partial charge in [0.05, 0.1) is 0 Å². The first-order valence-corrected chi connectivity index (χ1v) is 6.98. The molecule has 1 aliphatic heterocycles. The summed E-state index contributed by atoms with van der Waals surface area (Å²) in [6.45, 7) is 9.70. The highest BCUT2D eigenvalue weighted by Gasteiger charge is 2.27. The Morgan fingerprint density at radius 2 is 2.17 bits per heavy atom. The second-order valence-electron chi connectivity index (χ2n) is 5.72. The van der Waals surface area contributed by atoms with Gasteiger partial charge in [-0.25, -0.2) is 0 Å². The molecular formula is C15H25N3. The van der Waals surface area contributed by atoms with Gasteiger partial charge in [0, 0.05) is 31.0 Å². The van der Waals surface area contributed by atoms with E-state index in [-0.39, 0.29) is 0 Å². The van der Waals surface area contributed by atoms with Crippen LogP contribution in [0.15, 0.2) is 18.3 Å². The third-order valence-corrected chi connectivity index (χ3v) is 4.35. The predicted octanol–water partition coefficient (Wildman–Crippen LogP) is 2.37. The summed E-state index contributed by atoms with van der Waals surface area (Å²) in [6.07, 6.45) is 3.26. The van der Waals surface area contributed by atoms with E-state index in [1.165, 1.54) is 12.0 Å². The minimum absolute atomic E-state index is 0.327. The molecule has 3 nitrogen and oxygen atoms in total. The molecule has 3 heteroatoms. The Kier molecular flexibility index (Phi) is 4.36. The van der Waals surface area contributed by atoms with Crippen LogP contribution in [0.4, 0.5) is 0 Å². The van der Waals surface area contributed by atoms with Crippen LogP contribution >= 0.6 is 0 Å². The zero-order valence-corrected chi connectivity index (χ0v) is 11.8. The van der Waals surface area contributed by atoms with E-state index in [1.54, 1.807) is 0 Å². The number of pyridine rings is 1. The molecule has 1 aromatic heterocycles. The van der Waals surface area contributed by atoms with Gasteiger partial charge in [-0.1, -0.05) is 19.9 Å². The Morgan fingerprint density at radius 1 is 1.39 bits per heavy atom. The largest absolute Gasteiger partial charge is 0.329 e. The molecule has 0 amide bonds. The Morgan fingerprint density at radius 3 is 2.72 bits per heavy atom. The predicted molar refractivity (Wildman–Crippen MR) is 75.3 cm³/mol. The lowest BCUT2D eigenvalue weighted by Gasteiger charge is -2.39. The van der Waals surface area contributed by atoms with Crippen LogP contribution in [0.2, 0.25) is 0 Å². The van der Waals surface area contributed by atoms with Crippen LogP contribution in [0.1, 0.15) is 37.6 Å². The van der Waals surface area contributed by atoms with Crippen molar-refractivity contribution in [3.05, 3.63) is 29.6 Å². The van der Waals surface area contributed by atoms with Crippen LogP contribution < -0.4 is 5.73 Å². The highest BCUT2D eigenvalue weighted by molar-refractivity contribution is 5.18. The Balaban J connectivity index is 2.11. The molecule has 1 aliphatic rings. The fourth-order valence-electron chi connectivity index (χ4n) is 2.75. The van der Waals surface area contributed by atoms with Gasteiger partial charge in [0.1, 0.15) is 0 Å². The van der Waals surface area contributed by atoms with Gasteiger partial charge in [0.25, 0.3) is 0 Å². The Hall–Kier alpha value is -0.930. The van der Waals surface area contributed by atoms with Gasteiger partial charge in [-0.3, -0.25) is 9.88 Å². The molecule has 2 N–H and O–H groups in total. The number of aryl methyl sites for hydroxylation is 1. The monoisotopic (exact) mass is 247 g/mol. The maximum Gasteiger partial charge on any atom is 0.0485 e. The van der Waals surface area contributed by atoms with E-state index in [1.807, 2.05) is 13.1 Å². The smallest absolute Gasteiger partial charge is 0.0485 e. The highest BCUT2D eigenvalue weighted by atomic mass is 15.2. The second kappa shape index (κ2) is 5.81.